The van der Waals surface area contributed by atoms with Crippen molar-refractivity contribution < 1.29 is 14.3 Å². The zero-order valence-electron chi connectivity index (χ0n) is 16.3. The van der Waals surface area contributed by atoms with Gasteiger partial charge < -0.3 is 20.3 Å². The minimum absolute atomic E-state index is 0.0102. The quantitative estimate of drug-likeness (QED) is 0.669. The molecule has 0 bridgehead atoms. The summed E-state index contributed by atoms with van der Waals surface area (Å²) in [5.74, 6) is 0.740. The van der Waals surface area contributed by atoms with Crippen molar-refractivity contribution in [3.05, 3.63) is 41.5 Å². The highest BCUT2D eigenvalue weighted by Gasteiger charge is 2.29. The van der Waals surface area contributed by atoms with E-state index < -0.39 is 0 Å². The number of thiazole rings is 1. The molecular formula is C21H21N5O3S. The Kier molecular flexibility index (Phi) is 5.06. The van der Waals surface area contributed by atoms with E-state index in [0.29, 0.717) is 35.2 Å². The number of benzene rings is 1. The van der Waals surface area contributed by atoms with Gasteiger partial charge >= 0.3 is 0 Å². The Hall–Kier alpha value is -3.04. The van der Waals surface area contributed by atoms with Crippen molar-refractivity contribution >= 4 is 50.6 Å². The Labute approximate surface area is 177 Å². The Morgan fingerprint density at radius 2 is 2.13 bits per heavy atom. The number of nitrogens with zero attached hydrogens (tertiary/aromatic N) is 3. The van der Waals surface area contributed by atoms with Crippen LogP contribution in [0.5, 0.6) is 0 Å². The van der Waals surface area contributed by atoms with Crippen molar-refractivity contribution in [1.82, 2.24) is 9.97 Å². The maximum atomic E-state index is 12.8. The Bertz CT molecular complexity index is 1110. The first-order valence-corrected chi connectivity index (χ1v) is 10.8. The van der Waals surface area contributed by atoms with Crippen LogP contribution < -0.4 is 15.5 Å². The van der Waals surface area contributed by atoms with Gasteiger partial charge in [-0.15, -0.1) is 11.3 Å². The minimum atomic E-state index is -0.266. The predicted molar refractivity (Wildman–Crippen MR) is 116 cm³/mol. The molecule has 9 heteroatoms. The van der Waals surface area contributed by atoms with Gasteiger partial charge in [0.2, 0.25) is 5.91 Å². The van der Waals surface area contributed by atoms with Gasteiger partial charge in [-0.25, -0.2) is 9.97 Å². The van der Waals surface area contributed by atoms with Gasteiger partial charge in [0.25, 0.3) is 5.91 Å². The summed E-state index contributed by atoms with van der Waals surface area (Å²) in [6.45, 7) is 2.28. The zero-order valence-corrected chi connectivity index (χ0v) is 17.1. The van der Waals surface area contributed by atoms with E-state index in [1.165, 1.54) is 17.5 Å². The van der Waals surface area contributed by atoms with Gasteiger partial charge in [-0.05, 0) is 43.0 Å². The van der Waals surface area contributed by atoms with Crippen LogP contribution in [0.25, 0.3) is 10.2 Å². The highest BCUT2D eigenvalue weighted by Crippen LogP contribution is 2.31. The summed E-state index contributed by atoms with van der Waals surface area (Å²) < 4.78 is 6.44. The van der Waals surface area contributed by atoms with E-state index in [4.69, 9.17) is 4.74 Å². The van der Waals surface area contributed by atoms with Gasteiger partial charge in [-0.2, -0.15) is 0 Å². The van der Waals surface area contributed by atoms with Gasteiger partial charge in [-0.3, -0.25) is 9.59 Å². The Morgan fingerprint density at radius 1 is 1.27 bits per heavy atom. The van der Waals surface area contributed by atoms with E-state index in [9.17, 15) is 9.59 Å². The number of nitrogens with one attached hydrogen (secondary N) is 2. The molecule has 1 fully saturated rings. The van der Waals surface area contributed by atoms with Crippen molar-refractivity contribution in [3.8, 4) is 0 Å². The van der Waals surface area contributed by atoms with E-state index >= 15 is 0 Å². The first kappa shape index (κ1) is 19.0. The lowest BCUT2D eigenvalue weighted by atomic mass is 9.99. The number of ether oxygens (including phenoxy) is 1. The molecule has 2 aliphatic heterocycles. The number of amides is 2. The molecular weight excluding hydrogens is 402 g/mol. The Balaban J connectivity index is 1.38. The minimum Gasteiger partial charge on any atom is -0.381 e. The fourth-order valence-corrected chi connectivity index (χ4v) is 4.55. The predicted octanol–water partition coefficient (Wildman–Crippen LogP) is 3.13. The number of hydrogen-bond donors (Lipinski definition) is 2. The highest BCUT2D eigenvalue weighted by atomic mass is 32.1. The third-order valence-corrected chi connectivity index (χ3v) is 6.29. The van der Waals surface area contributed by atoms with Gasteiger partial charge in [0.05, 0.1) is 33.5 Å². The van der Waals surface area contributed by atoms with Crippen LogP contribution in [-0.4, -0.2) is 48.1 Å². The van der Waals surface area contributed by atoms with E-state index in [-0.39, 0.29) is 18.4 Å². The van der Waals surface area contributed by atoms with Crippen LogP contribution in [-0.2, 0) is 9.53 Å². The summed E-state index contributed by atoms with van der Waals surface area (Å²) in [6, 6.07) is 7.35. The smallest absolute Gasteiger partial charge is 0.257 e. The summed E-state index contributed by atoms with van der Waals surface area (Å²) in [4.78, 5) is 35.9. The van der Waals surface area contributed by atoms with Gasteiger partial charge in [0.1, 0.15) is 5.82 Å². The normalized spacial score (nSPS) is 16.9. The van der Waals surface area contributed by atoms with Crippen molar-refractivity contribution in [2.24, 2.45) is 5.92 Å². The molecule has 0 unspecified atom stereocenters. The zero-order chi connectivity index (χ0) is 20.5. The average Bonchev–Trinajstić information content (AvgIpc) is 3.24. The van der Waals surface area contributed by atoms with Crippen molar-refractivity contribution in [2.75, 3.05) is 41.8 Å². The summed E-state index contributed by atoms with van der Waals surface area (Å²) >= 11 is 1.52. The molecule has 0 atom stereocenters. The largest absolute Gasteiger partial charge is 0.381 e. The first-order valence-electron chi connectivity index (χ1n) is 9.94. The number of pyridine rings is 1. The summed E-state index contributed by atoms with van der Waals surface area (Å²) in [5.41, 5.74) is 4.44. The maximum Gasteiger partial charge on any atom is 0.257 e. The van der Waals surface area contributed by atoms with Crippen LogP contribution in [0.3, 0.4) is 0 Å². The summed E-state index contributed by atoms with van der Waals surface area (Å²) in [6.07, 6.45) is 3.40. The monoisotopic (exact) mass is 423 g/mol. The van der Waals surface area contributed by atoms with Crippen LogP contribution in [0.4, 0.5) is 17.2 Å². The van der Waals surface area contributed by atoms with Crippen molar-refractivity contribution in [3.63, 3.8) is 0 Å². The number of aromatic nitrogens is 2. The van der Waals surface area contributed by atoms with Crippen LogP contribution in [0.1, 0.15) is 23.2 Å². The Morgan fingerprint density at radius 3 is 3.00 bits per heavy atom. The molecule has 30 heavy (non-hydrogen) atoms. The number of rotatable bonds is 4. The molecule has 2 N–H and O–H groups in total. The summed E-state index contributed by atoms with van der Waals surface area (Å²) in [5, 5.41) is 5.96. The highest BCUT2D eigenvalue weighted by molar-refractivity contribution is 7.16. The second-order valence-electron chi connectivity index (χ2n) is 7.49. The maximum absolute atomic E-state index is 12.8. The number of fused-ring (bicyclic) bond motifs is 2. The van der Waals surface area contributed by atoms with E-state index in [0.717, 1.165) is 36.3 Å². The topological polar surface area (TPSA) is 96.5 Å². The van der Waals surface area contributed by atoms with Gasteiger partial charge in [0.15, 0.2) is 0 Å². The standard InChI is InChI=1S/C21H21N5O3S/c27-19-10-23-20-17(26(19)11-13-3-5-29-6-4-13)7-14(9-22-20)21(28)25-15-1-2-16-18(8-15)30-12-24-16/h1-2,7-9,12-13H,3-6,10-11H2,(H,22,23)(H,25,28). The van der Waals surface area contributed by atoms with Gasteiger partial charge in [-0.1, -0.05) is 0 Å². The lowest BCUT2D eigenvalue weighted by Gasteiger charge is -2.33. The van der Waals surface area contributed by atoms with E-state index in [1.54, 1.807) is 16.5 Å². The van der Waals surface area contributed by atoms with Gasteiger partial charge in [0, 0.05) is 31.6 Å². The molecule has 154 valence electrons. The third kappa shape index (κ3) is 3.73. The molecule has 2 amide bonds. The molecule has 1 aromatic carbocycles. The van der Waals surface area contributed by atoms with Crippen LogP contribution in [0.2, 0.25) is 0 Å². The molecule has 3 aromatic rings. The van der Waals surface area contributed by atoms with E-state index in [1.807, 2.05) is 18.2 Å². The number of hydrogen-bond acceptors (Lipinski definition) is 7. The second-order valence-corrected chi connectivity index (χ2v) is 8.38. The molecule has 8 nitrogen and oxygen atoms in total. The SMILES string of the molecule is O=C(Nc1ccc2ncsc2c1)c1cnc2c(c1)N(CC1CCOCC1)C(=O)CN2. The molecule has 0 saturated carbocycles. The van der Waals surface area contributed by atoms with Crippen LogP contribution in [0, 0.1) is 5.92 Å². The van der Waals surface area contributed by atoms with Crippen LogP contribution in [0.15, 0.2) is 36.0 Å². The molecule has 2 aromatic heterocycles. The molecule has 2 aliphatic rings. The number of carbonyl (C=O) groups excluding carboxylic acids is 2. The second kappa shape index (κ2) is 8.00. The van der Waals surface area contributed by atoms with Crippen molar-refractivity contribution in [2.45, 2.75) is 12.8 Å². The molecule has 1 saturated heterocycles. The summed E-state index contributed by atoms with van der Waals surface area (Å²) in [7, 11) is 0. The molecule has 4 heterocycles. The lowest BCUT2D eigenvalue weighted by Crippen LogP contribution is -2.44. The fourth-order valence-electron chi connectivity index (χ4n) is 3.83. The van der Waals surface area contributed by atoms with Crippen LogP contribution >= 0.6 is 11.3 Å². The number of anilines is 3. The molecule has 0 radical (unpaired) electrons. The molecule has 0 spiro atoms. The van der Waals surface area contributed by atoms with Crippen molar-refractivity contribution in [1.29, 1.82) is 0 Å². The lowest BCUT2D eigenvalue weighted by molar-refractivity contribution is -0.117. The molecule has 5 rings (SSSR count). The van der Waals surface area contributed by atoms with E-state index in [2.05, 4.69) is 20.6 Å². The first-order chi connectivity index (χ1) is 14.7. The third-order valence-electron chi connectivity index (χ3n) is 5.50. The molecule has 0 aliphatic carbocycles. The average molecular weight is 423 g/mol. The number of carbonyl (C=O) groups is 2. The fraction of sp³-hybridized carbons (Fsp3) is 0.333.